The average molecular weight is 712 g/mol. The lowest BCUT2D eigenvalue weighted by Gasteiger charge is -2.16. The first-order chi connectivity index (χ1) is 24.6. The Morgan fingerprint density at radius 1 is 0.980 bits per heavy atom. The Morgan fingerprint density at radius 3 is 2.59 bits per heavy atom. The molecule has 14 heteroatoms. The number of amides is 1. The molecule has 2 aliphatic heterocycles. The van der Waals surface area contributed by atoms with Crippen LogP contribution in [0.2, 0.25) is 0 Å². The predicted molar refractivity (Wildman–Crippen MR) is 182 cm³/mol. The van der Waals surface area contributed by atoms with Crippen molar-refractivity contribution >= 4 is 33.1 Å². The second kappa shape index (κ2) is 11.9. The first kappa shape index (κ1) is 31.7. The van der Waals surface area contributed by atoms with Crippen molar-refractivity contribution in [3.8, 4) is 21.9 Å². The van der Waals surface area contributed by atoms with Crippen LogP contribution in [-0.4, -0.2) is 42.5 Å². The number of nitrogens with zero attached hydrogens (tertiary/aromatic N) is 6. The zero-order valence-electron chi connectivity index (χ0n) is 27.2. The summed E-state index contributed by atoms with van der Waals surface area (Å²) in [6, 6.07) is 10.7. The highest BCUT2D eigenvalue weighted by Gasteiger charge is 2.45. The van der Waals surface area contributed by atoms with Gasteiger partial charge in [-0.25, -0.2) is 9.37 Å². The molecule has 6 aromatic rings. The van der Waals surface area contributed by atoms with Crippen LogP contribution in [0.15, 0.2) is 59.3 Å². The van der Waals surface area contributed by atoms with Gasteiger partial charge in [-0.1, -0.05) is 12.1 Å². The molecule has 1 aliphatic carbocycles. The van der Waals surface area contributed by atoms with Crippen molar-refractivity contribution in [3.05, 3.63) is 106 Å². The minimum Gasteiger partial charge on any atom is -0.421 e. The number of thiophene rings is 1. The quantitative estimate of drug-likeness (QED) is 0.164. The number of aryl methyl sites for hydroxylation is 3. The lowest BCUT2D eigenvalue weighted by Crippen LogP contribution is -2.22. The van der Waals surface area contributed by atoms with E-state index in [1.165, 1.54) is 29.7 Å². The molecule has 0 unspecified atom stereocenters. The third-order valence-corrected chi connectivity index (χ3v) is 11.2. The van der Waals surface area contributed by atoms with Gasteiger partial charge in [-0.3, -0.25) is 14.8 Å². The number of carbonyl (C=O) groups is 1. The smallest absolute Gasteiger partial charge is 0.416 e. The van der Waals surface area contributed by atoms with E-state index in [-0.39, 0.29) is 35.6 Å². The fourth-order valence-corrected chi connectivity index (χ4v) is 8.94. The highest BCUT2D eigenvalue weighted by atomic mass is 32.1. The molecule has 0 bridgehead atoms. The lowest BCUT2D eigenvalue weighted by atomic mass is 9.93. The number of anilines is 1. The van der Waals surface area contributed by atoms with Crippen molar-refractivity contribution < 1.29 is 26.8 Å². The van der Waals surface area contributed by atoms with Gasteiger partial charge in [-0.2, -0.15) is 13.2 Å². The van der Waals surface area contributed by atoms with Crippen LogP contribution in [0.3, 0.4) is 0 Å². The van der Waals surface area contributed by atoms with Gasteiger partial charge in [-0.05, 0) is 85.4 Å². The summed E-state index contributed by atoms with van der Waals surface area (Å²) in [6.07, 6.45) is 1.81. The molecule has 1 saturated heterocycles. The predicted octanol–water partition coefficient (Wildman–Crippen LogP) is 8.44. The Morgan fingerprint density at radius 2 is 1.80 bits per heavy atom. The number of benzene rings is 1. The molecule has 51 heavy (non-hydrogen) atoms. The summed E-state index contributed by atoms with van der Waals surface area (Å²) in [5, 5.41) is 12.8. The highest BCUT2D eigenvalue weighted by molar-refractivity contribution is 7.23. The zero-order valence-corrected chi connectivity index (χ0v) is 28.0. The molecular formula is C37H29F4N7O2S. The normalized spacial score (nSPS) is 18.1. The van der Waals surface area contributed by atoms with Crippen molar-refractivity contribution in [2.75, 3.05) is 11.9 Å². The Hall–Kier alpha value is -5.24. The lowest BCUT2D eigenvalue weighted by molar-refractivity contribution is -0.138. The molecule has 258 valence electrons. The second-order valence-electron chi connectivity index (χ2n) is 13.1. The van der Waals surface area contributed by atoms with E-state index in [1.807, 2.05) is 17.0 Å². The number of halogens is 4. The van der Waals surface area contributed by atoms with Crippen LogP contribution in [0, 0.1) is 12.7 Å². The van der Waals surface area contributed by atoms with E-state index >= 15 is 0 Å². The zero-order chi connectivity index (χ0) is 35.0. The summed E-state index contributed by atoms with van der Waals surface area (Å²) < 4.78 is 61.9. The maximum absolute atomic E-state index is 14.2. The molecule has 2 atom stereocenters. The van der Waals surface area contributed by atoms with Gasteiger partial charge in [0.2, 0.25) is 11.8 Å². The molecule has 5 aromatic heterocycles. The van der Waals surface area contributed by atoms with E-state index in [1.54, 1.807) is 25.3 Å². The van der Waals surface area contributed by atoms with Crippen molar-refractivity contribution in [2.45, 2.75) is 63.7 Å². The minimum absolute atomic E-state index is 0.0967. The average Bonchev–Trinajstić information content (AvgIpc) is 3.95. The fraction of sp³-hybridized carbons (Fsp3) is 0.297. The van der Waals surface area contributed by atoms with Gasteiger partial charge in [0.25, 0.3) is 5.91 Å². The van der Waals surface area contributed by atoms with Crippen LogP contribution in [0.1, 0.15) is 81.4 Å². The van der Waals surface area contributed by atoms with Crippen LogP contribution in [0.4, 0.5) is 23.4 Å². The van der Waals surface area contributed by atoms with Gasteiger partial charge in [0.1, 0.15) is 11.6 Å². The summed E-state index contributed by atoms with van der Waals surface area (Å²) >= 11 is 1.43. The molecule has 3 aliphatic rings. The van der Waals surface area contributed by atoms with E-state index in [2.05, 4.69) is 25.5 Å². The van der Waals surface area contributed by atoms with Crippen molar-refractivity contribution in [1.29, 1.82) is 0 Å². The van der Waals surface area contributed by atoms with Crippen LogP contribution in [0.25, 0.3) is 32.0 Å². The molecule has 9 nitrogen and oxygen atoms in total. The second-order valence-corrected chi connectivity index (χ2v) is 14.2. The van der Waals surface area contributed by atoms with E-state index in [4.69, 9.17) is 9.40 Å². The third-order valence-electron chi connectivity index (χ3n) is 10.0. The molecule has 1 N–H and O–H groups in total. The number of pyridine rings is 3. The van der Waals surface area contributed by atoms with Gasteiger partial charge in [-0.15, -0.1) is 21.5 Å². The van der Waals surface area contributed by atoms with Crippen molar-refractivity contribution in [2.24, 2.45) is 0 Å². The monoisotopic (exact) mass is 711 g/mol. The van der Waals surface area contributed by atoms with E-state index in [0.29, 0.717) is 65.6 Å². The minimum atomic E-state index is -4.47. The number of rotatable bonds is 7. The Kier molecular flexibility index (Phi) is 7.42. The molecule has 1 fully saturated rings. The number of hydrogen-bond acceptors (Lipinski definition) is 9. The molecule has 1 amide bonds. The van der Waals surface area contributed by atoms with Crippen molar-refractivity contribution in [3.63, 3.8) is 0 Å². The van der Waals surface area contributed by atoms with Crippen molar-refractivity contribution in [1.82, 2.24) is 30.0 Å². The summed E-state index contributed by atoms with van der Waals surface area (Å²) in [5.74, 6) is 0.714. The van der Waals surface area contributed by atoms with Crippen LogP contribution >= 0.6 is 11.3 Å². The van der Waals surface area contributed by atoms with Crippen LogP contribution in [-0.2, 0) is 25.4 Å². The number of carbonyl (C=O) groups excluding carboxylic acids is 1. The molecular weight excluding hydrogens is 683 g/mol. The molecule has 9 rings (SSSR count). The van der Waals surface area contributed by atoms with E-state index in [0.717, 1.165) is 45.1 Å². The fourth-order valence-electron chi connectivity index (χ4n) is 7.78. The maximum Gasteiger partial charge on any atom is 0.416 e. The first-order valence-corrected chi connectivity index (χ1v) is 17.6. The van der Waals surface area contributed by atoms with Gasteiger partial charge in [0.05, 0.1) is 50.6 Å². The Bertz CT molecular complexity index is 2350. The van der Waals surface area contributed by atoms with E-state index in [9.17, 15) is 22.4 Å². The topological polar surface area (TPSA) is 110 Å². The Labute approximate surface area is 292 Å². The number of aromatic nitrogens is 5. The molecule has 0 spiro atoms. The van der Waals surface area contributed by atoms with Gasteiger partial charge in [0, 0.05) is 36.3 Å². The number of fused-ring (bicyclic) bond motifs is 5. The molecule has 7 heterocycles. The number of nitrogens with one attached hydrogen (secondary N) is 1. The standard InChI is InChI=1S/C37H29F4N7O2S/c1-18-46-47-35(50-18)28-24(10-6-19-4-7-21(38)8-5-19)44-32-26-3-2-16-48(26)36(49)30(32)29(28)27-17-20-12-14-43-34(33(20)51-27)45-25-11-9-22-23(37(39,40)41)13-15-42-31(22)25/h4-5,7-8,12-15,17,25-26H,2-3,6,9-11,16H2,1H3,(H,43,45)/t25-,26+/m0/s1. The van der Waals surface area contributed by atoms with Crippen LogP contribution < -0.4 is 5.32 Å². The summed E-state index contributed by atoms with van der Waals surface area (Å²) in [6.45, 7) is 2.34. The summed E-state index contributed by atoms with van der Waals surface area (Å²) in [5.41, 5.74) is 4.03. The Balaban J connectivity index is 1.19. The first-order valence-electron chi connectivity index (χ1n) is 16.8. The third kappa shape index (κ3) is 5.34. The largest absolute Gasteiger partial charge is 0.421 e. The van der Waals surface area contributed by atoms with Gasteiger partial charge < -0.3 is 14.6 Å². The van der Waals surface area contributed by atoms with Crippen LogP contribution in [0.5, 0.6) is 0 Å². The van der Waals surface area contributed by atoms with E-state index < -0.39 is 17.8 Å². The molecule has 0 radical (unpaired) electrons. The molecule has 1 aromatic carbocycles. The number of hydrogen-bond donors (Lipinski definition) is 1. The summed E-state index contributed by atoms with van der Waals surface area (Å²) in [7, 11) is 0. The van der Waals surface area contributed by atoms with Gasteiger partial charge in [0.15, 0.2) is 0 Å². The highest BCUT2D eigenvalue weighted by Crippen LogP contribution is 2.51. The maximum atomic E-state index is 14.2. The number of alkyl halides is 3. The molecule has 0 saturated carbocycles. The summed E-state index contributed by atoms with van der Waals surface area (Å²) in [4.78, 5) is 31.0. The van der Waals surface area contributed by atoms with Gasteiger partial charge >= 0.3 is 6.18 Å². The SMILES string of the molecule is Cc1nnc(-c2c(CCc3ccc(F)cc3)nc3c(c2-c2cc4ccnc(N[C@H]5CCc6c(C(F)(F)F)ccnc65)c4s2)C(=O)N2CCC[C@H]32)o1.